The Morgan fingerprint density at radius 3 is 2.83 bits per heavy atom. The topological polar surface area (TPSA) is 41.6 Å². The summed E-state index contributed by atoms with van der Waals surface area (Å²) in [5, 5.41) is 3.31. The summed E-state index contributed by atoms with van der Waals surface area (Å²) in [6.07, 6.45) is 2.34. The van der Waals surface area contributed by atoms with E-state index >= 15 is 0 Å². The van der Waals surface area contributed by atoms with E-state index in [2.05, 4.69) is 10.1 Å². The second-order valence-corrected chi connectivity index (χ2v) is 3.49. The lowest BCUT2D eigenvalue weighted by molar-refractivity contribution is 0.0313. The van der Waals surface area contributed by atoms with E-state index in [0.29, 0.717) is 5.92 Å². The average molecular weight is 170 g/mol. The van der Waals surface area contributed by atoms with Gasteiger partial charge in [0.05, 0.1) is 13.3 Å². The zero-order valence-electron chi connectivity index (χ0n) is 7.25. The van der Waals surface area contributed by atoms with Gasteiger partial charge in [0, 0.05) is 13.1 Å². The summed E-state index contributed by atoms with van der Waals surface area (Å²) < 4.78 is 4.69. The van der Waals surface area contributed by atoms with Gasteiger partial charge in [0.25, 0.3) is 0 Å². The molecule has 0 aromatic carbocycles. The Morgan fingerprint density at radius 2 is 2.42 bits per heavy atom. The highest BCUT2D eigenvalue weighted by Crippen LogP contribution is 2.25. The molecule has 1 N–H and O–H groups in total. The highest BCUT2D eigenvalue weighted by Gasteiger charge is 2.36. The van der Waals surface area contributed by atoms with E-state index in [9.17, 15) is 4.79 Å². The largest absolute Gasteiger partial charge is 0.453 e. The van der Waals surface area contributed by atoms with Crippen LogP contribution in [0.4, 0.5) is 4.79 Å². The minimum atomic E-state index is -0.197. The van der Waals surface area contributed by atoms with Crippen molar-refractivity contribution >= 4 is 6.09 Å². The zero-order valence-corrected chi connectivity index (χ0v) is 7.25. The maximum absolute atomic E-state index is 11.2. The predicted molar refractivity (Wildman–Crippen MR) is 43.6 cm³/mol. The minimum absolute atomic E-state index is 0.197. The highest BCUT2D eigenvalue weighted by atomic mass is 16.5. The van der Waals surface area contributed by atoms with Gasteiger partial charge in [-0.05, 0) is 18.8 Å². The lowest BCUT2D eigenvalue weighted by Crippen LogP contribution is -2.60. The molecule has 0 aromatic rings. The molecule has 2 unspecified atom stereocenters. The number of nitrogens with one attached hydrogen (secondary N) is 1. The molecule has 4 nitrogen and oxygen atoms in total. The van der Waals surface area contributed by atoms with Crippen LogP contribution in [-0.2, 0) is 4.74 Å². The number of nitrogens with zero attached hydrogens (tertiary/aromatic N) is 1. The van der Waals surface area contributed by atoms with Gasteiger partial charge in [-0.25, -0.2) is 4.79 Å². The summed E-state index contributed by atoms with van der Waals surface area (Å²) in [5.74, 6) is 0.633. The van der Waals surface area contributed by atoms with Crippen molar-refractivity contribution in [1.82, 2.24) is 10.2 Å². The van der Waals surface area contributed by atoms with Gasteiger partial charge in [-0.2, -0.15) is 0 Å². The van der Waals surface area contributed by atoms with Crippen LogP contribution in [0, 0.1) is 5.92 Å². The lowest BCUT2D eigenvalue weighted by atomic mass is 9.92. The van der Waals surface area contributed by atoms with E-state index in [4.69, 9.17) is 0 Å². The SMILES string of the molecule is COC(=O)N1CC2CCC1NC2. The number of ether oxygens (including phenoxy) is 1. The van der Waals surface area contributed by atoms with E-state index in [-0.39, 0.29) is 12.3 Å². The predicted octanol–water partition coefficient (Wildman–Crippen LogP) is 0.394. The quantitative estimate of drug-likeness (QED) is 0.572. The van der Waals surface area contributed by atoms with Gasteiger partial charge in [0.1, 0.15) is 0 Å². The molecule has 1 amide bonds. The Labute approximate surface area is 71.9 Å². The fourth-order valence-electron chi connectivity index (χ4n) is 2.05. The van der Waals surface area contributed by atoms with Gasteiger partial charge in [-0.1, -0.05) is 0 Å². The molecule has 68 valence electrons. The standard InChI is InChI=1S/C8H14N2O2/c1-12-8(11)10-5-6-2-3-7(10)9-4-6/h6-7,9H,2-5H2,1H3. The van der Waals surface area contributed by atoms with Crippen molar-refractivity contribution in [3.05, 3.63) is 0 Å². The van der Waals surface area contributed by atoms with Crippen molar-refractivity contribution in [3.63, 3.8) is 0 Å². The van der Waals surface area contributed by atoms with Crippen molar-refractivity contribution in [3.8, 4) is 0 Å². The van der Waals surface area contributed by atoms with Crippen LogP contribution in [0.5, 0.6) is 0 Å². The molecule has 0 radical (unpaired) electrons. The molecule has 0 spiro atoms. The fraction of sp³-hybridized carbons (Fsp3) is 0.875. The van der Waals surface area contributed by atoms with Crippen molar-refractivity contribution in [2.75, 3.05) is 20.2 Å². The number of fused-ring (bicyclic) bond motifs is 3. The fourth-order valence-corrected chi connectivity index (χ4v) is 2.05. The van der Waals surface area contributed by atoms with Gasteiger partial charge in [0.2, 0.25) is 0 Å². The third-order valence-electron chi connectivity index (χ3n) is 2.73. The molecule has 12 heavy (non-hydrogen) atoms. The van der Waals surface area contributed by atoms with Crippen molar-refractivity contribution in [2.24, 2.45) is 5.92 Å². The molecule has 2 atom stereocenters. The van der Waals surface area contributed by atoms with Gasteiger partial charge in [0.15, 0.2) is 0 Å². The van der Waals surface area contributed by atoms with Crippen molar-refractivity contribution in [2.45, 2.75) is 19.0 Å². The summed E-state index contributed by atoms with van der Waals surface area (Å²) >= 11 is 0. The highest BCUT2D eigenvalue weighted by molar-refractivity contribution is 5.68. The number of rotatable bonds is 0. The Hall–Kier alpha value is -0.770. The molecule has 3 heterocycles. The number of carbonyl (C=O) groups excluding carboxylic acids is 1. The van der Waals surface area contributed by atoms with Crippen LogP contribution in [0.15, 0.2) is 0 Å². The Balaban J connectivity index is 2.03. The van der Waals surface area contributed by atoms with Gasteiger partial charge in [-0.15, -0.1) is 0 Å². The number of amides is 1. The average Bonchev–Trinajstić information content (AvgIpc) is 2.18. The molecule has 3 aliphatic rings. The minimum Gasteiger partial charge on any atom is -0.453 e. The molecule has 0 aromatic heterocycles. The van der Waals surface area contributed by atoms with Crippen LogP contribution < -0.4 is 5.32 Å². The first-order chi connectivity index (χ1) is 5.81. The molecule has 4 heteroatoms. The number of hydrogen-bond donors (Lipinski definition) is 1. The third-order valence-corrected chi connectivity index (χ3v) is 2.73. The molecule has 3 rings (SSSR count). The molecule has 3 aliphatic heterocycles. The Bertz CT molecular complexity index is 187. The van der Waals surface area contributed by atoms with E-state index in [1.165, 1.54) is 13.5 Å². The number of carbonyl (C=O) groups is 1. The van der Waals surface area contributed by atoms with Crippen LogP contribution in [0.25, 0.3) is 0 Å². The molecular formula is C8H14N2O2. The maximum atomic E-state index is 11.2. The smallest absolute Gasteiger partial charge is 0.410 e. The van der Waals surface area contributed by atoms with Crippen LogP contribution in [0.2, 0.25) is 0 Å². The van der Waals surface area contributed by atoms with E-state index in [1.54, 1.807) is 4.90 Å². The molecule has 2 bridgehead atoms. The van der Waals surface area contributed by atoms with Crippen LogP contribution in [-0.4, -0.2) is 37.4 Å². The first kappa shape index (κ1) is 7.86. The van der Waals surface area contributed by atoms with E-state index < -0.39 is 0 Å². The van der Waals surface area contributed by atoms with Crippen molar-refractivity contribution < 1.29 is 9.53 Å². The van der Waals surface area contributed by atoms with E-state index in [1.807, 2.05) is 0 Å². The van der Waals surface area contributed by atoms with Crippen LogP contribution in [0.3, 0.4) is 0 Å². The van der Waals surface area contributed by atoms with Gasteiger partial charge < -0.3 is 4.74 Å². The molecule has 0 saturated carbocycles. The van der Waals surface area contributed by atoms with Crippen LogP contribution in [0.1, 0.15) is 12.8 Å². The monoisotopic (exact) mass is 170 g/mol. The summed E-state index contributed by atoms with van der Waals surface area (Å²) in [7, 11) is 1.44. The molecule has 0 aliphatic carbocycles. The normalized spacial score (nSPS) is 33.6. The molecule has 3 fully saturated rings. The molecule has 3 saturated heterocycles. The summed E-state index contributed by atoms with van der Waals surface area (Å²) in [5.41, 5.74) is 0. The zero-order chi connectivity index (χ0) is 8.55. The first-order valence-electron chi connectivity index (χ1n) is 4.39. The van der Waals surface area contributed by atoms with Crippen LogP contribution >= 0.6 is 0 Å². The van der Waals surface area contributed by atoms with Gasteiger partial charge >= 0.3 is 6.09 Å². The summed E-state index contributed by atoms with van der Waals surface area (Å²) in [6, 6.07) is 0. The van der Waals surface area contributed by atoms with Gasteiger partial charge in [-0.3, -0.25) is 10.2 Å². The van der Waals surface area contributed by atoms with E-state index in [0.717, 1.165) is 19.5 Å². The maximum Gasteiger partial charge on any atom is 0.410 e. The first-order valence-corrected chi connectivity index (χ1v) is 4.39. The number of hydrogen-bond acceptors (Lipinski definition) is 3. The number of piperidine rings is 2. The third kappa shape index (κ3) is 1.16. The number of methoxy groups -OCH3 is 1. The lowest BCUT2D eigenvalue weighted by Gasteiger charge is -2.44. The second kappa shape index (κ2) is 2.94. The Morgan fingerprint density at radius 1 is 1.58 bits per heavy atom. The van der Waals surface area contributed by atoms with Crippen molar-refractivity contribution in [1.29, 1.82) is 0 Å². The summed E-state index contributed by atoms with van der Waals surface area (Å²) in [4.78, 5) is 13.0. The second-order valence-electron chi connectivity index (χ2n) is 3.49. The summed E-state index contributed by atoms with van der Waals surface area (Å²) in [6.45, 7) is 1.92. The molecular weight excluding hydrogens is 156 g/mol. The Kier molecular flexibility index (Phi) is 1.92.